The lowest BCUT2D eigenvalue weighted by molar-refractivity contribution is -0.129. The molecule has 1 atom stereocenters. The van der Waals surface area contributed by atoms with Crippen molar-refractivity contribution in [1.29, 1.82) is 0 Å². The number of hydrogen-bond donors (Lipinski definition) is 1. The monoisotopic (exact) mass is 497 g/mol. The van der Waals surface area contributed by atoms with Gasteiger partial charge in [0.05, 0.1) is 16.9 Å². The summed E-state index contributed by atoms with van der Waals surface area (Å²) in [4.78, 5) is 40.1. The van der Waals surface area contributed by atoms with Gasteiger partial charge in [-0.1, -0.05) is 19.1 Å². The van der Waals surface area contributed by atoms with Crippen molar-refractivity contribution < 1.29 is 18.7 Å². The highest BCUT2D eigenvalue weighted by atomic mass is 19.1. The van der Waals surface area contributed by atoms with E-state index in [1.807, 2.05) is 19.1 Å². The zero-order valence-corrected chi connectivity index (χ0v) is 20.1. The average molecular weight is 498 g/mol. The van der Waals surface area contributed by atoms with E-state index in [0.29, 0.717) is 35.9 Å². The van der Waals surface area contributed by atoms with Crippen LogP contribution in [0.15, 0.2) is 79.1 Å². The van der Waals surface area contributed by atoms with Gasteiger partial charge in [-0.3, -0.25) is 9.59 Å². The molecule has 4 aromatic rings. The minimum Gasteiger partial charge on any atom is -0.438 e. The molecule has 1 N–H and O–H groups in total. The summed E-state index contributed by atoms with van der Waals surface area (Å²) in [7, 11) is 0. The van der Waals surface area contributed by atoms with Crippen LogP contribution in [-0.2, 0) is 16.0 Å². The van der Waals surface area contributed by atoms with E-state index in [0.717, 1.165) is 11.4 Å². The van der Waals surface area contributed by atoms with Gasteiger partial charge in [0.2, 0.25) is 17.7 Å². The zero-order chi connectivity index (χ0) is 25.8. The number of para-hydroxylation sites is 1. The molecule has 0 saturated carbocycles. The van der Waals surface area contributed by atoms with Crippen LogP contribution in [0.2, 0.25) is 0 Å². The van der Waals surface area contributed by atoms with Crippen LogP contribution >= 0.6 is 0 Å². The number of amides is 2. The molecule has 1 aliphatic rings. The second-order valence-corrected chi connectivity index (χ2v) is 8.47. The Labute approximate surface area is 213 Å². The highest BCUT2D eigenvalue weighted by molar-refractivity contribution is 6.13. The van der Waals surface area contributed by atoms with E-state index in [1.54, 1.807) is 54.9 Å². The number of carbonyl (C=O) groups is 2. The molecule has 1 saturated heterocycles. The molecule has 186 valence electrons. The summed E-state index contributed by atoms with van der Waals surface area (Å²) in [5.41, 5.74) is 2.14. The molecule has 1 aliphatic heterocycles. The Bertz CT molecular complexity index is 1440. The molecule has 0 aliphatic carbocycles. The Balaban J connectivity index is 1.26. The van der Waals surface area contributed by atoms with Crippen LogP contribution in [0, 0.1) is 11.7 Å². The van der Waals surface area contributed by atoms with E-state index in [4.69, 9.17) is 4.74 Å². The van der Waals surface area contributed by atoms with Crippen molar-refractivity contribution in [1.82, 2.24) is 15.0 Å². The van der Waals surface area contributed by atoms with Gasteiger partial charge >= 0.3 is 0 Å². The van der Waals surface area contributed by atoms with Gasteiger partial charge in [0.15, 0.2) is 0 Å². The van der Waals surface area contributed by atoms with Gasteiger partial charge in [-0.25, -0.2) is 19.3 Å². The van der Waals surface area contributed by atoms with Crippen LogP contribution in [0.3, 0.4) is 0 Å². The Kier molecular flexibility index (Phi) is 6.85. The van der Waals surface area contributed by atoms with Gasteiger partial charge in [0.25, 0.3) is 0 Å². The number of pyridine rings is 1. The second kappa shape index (κ2) is 10.5. The molecule has 0 bridgehead atoms. The summed E-state index contributed by atoms with van der Waals surface area (Å²) in [6, 6.07) is 18.3. The first-order valence-corrected chi connectivity index (χ1v) is 12.0. The molecular formula is C28H24FN5O3. The number of hydrogen-bond acceptors (Lipinski definition) is 6. The molecule has 9 heteroatoms. The molecule has 1 unspecified atom stereocenters. The van der Waals surface area contributed by atoms with Gasteiger partial charge in [0.1, 0.15) is 23.3 Å². The summed E-state index contributed by atoms with van der Waals surface area (Å²) in [6.45, 7) is 2.27. The Morgan fingerprint density at radius 2 is 1.86 bits per heavy atom. The molecule has 0 spiro atoms. The van der Waals surface area contributed by atoms with Gasteiger partial charge in [-0.2, -0.15) is 0 Å². The van der Waals surface area contributed by atoms with Gasteiger partial charge in [-0.15, -0.1) is 0 Å². The zero-order valence-electron chi connectivity index (χ0n) is 20.1. The van der Waals surface area contributed by atoms with Crippen molar-refractivity contribution in [3.8, 4) is 22.9 Å². The Morgan fingerprint density at radius 3 is 2.65 bits per heavy atom. The van der Waals surface area contributed by atoms with Crippen molar-refractivity contribution in [2.24, 2.45) is 5.92 Å². The SMILES string of the molecule is CCc1nccc(-c2cccnc2Oc2ccc(NC(=O)C3CCN(c4ccccc4F)C3=O)cc2)n1. The first-order chi connectivity index (χ1) is 18.0. The van der Waals surface area contributed by atoms with Crippen molar-refractivity contribution in [2.45, 2.75) is 19.8 Å². The molecular weight excluding hydrogens is 473 g/mol. The topological polar surface area (TPSA) is 97.3 Å². The number of aromatic nitrogens is 3. The standard InChI is InChI=1S/C28H24FN5O3/c1-2-25-30-16-13-23(33-25)20-6-5-15-31-27(20)37-19-11-9-18(10-12-19)32-26(35)21-14-17-34(28(21)36)24-8-4-3-7-22(24)29/h3-13,15-16,21H,2,14,17H2,1H3,(H,32,35). The Morgan fingerprint density at radius 1 is 1.05 bits per heavy atom. The minimum atomic E-state index is -0.882. The van der Waals surface area contributed by atoms with Crippen LogP contribution < -0.4 is 15.0 Å². The Hall–Kier alpha value is -4.66. The summed E-state index contributed by atoms with van der Waals surface area (Å²) >= 11 is 0. The van der Waals surface area contributed by atoms with E-state index in [-0.39, 0.29) is 12.2 Å². The third-order valence-electron chi connectivity index (χ3n) is 6.07. The van der Waals surface area contributed by atoms with Crippen molar-refractivity contribution in [3.63, 3.8) is 0 Å². The fourth-order valence-electron chi connectivity index (χ4n) is 4.17. The summed E-state index contributed by atoms with van der Waals surface area (Å²) < 4.78 is 20.1. The summed E-state index contributed by atoms with van der Waals surface area (Å²) in [5, 5.41) is 2.77. The molecule has 2 amide bonds. The predicted octanol–water partition coefficient (Wildman–Crippen LogP) is 5.02. The van der Waals surface area contributed by atoms with Crippen LogP contribution in [0.25, 0.3) is 11.3 Å². The summed E-state index contributed by atoms with van der Waals surface area (Å²) in [5.74, 6) is -0.580. The lowest BCUT2D eigenvalue weighted by atomic mass is 10.1. The number of anilines is 2. The number of ether oxygens (including phenoxy) is 1. The average Bonchev–Trinajstić information content (AvgIpc) is 3.31. The maximum Gasteiger partial charge on any atom is 0.239 e. The van der Waals surface area contributed by atoms with Crippen LogP contribution in [0.1, 0.15) is 19.2 Å². The van der Waals surface area contributed by atoms with Gasteiger partial charge < -0.3 is 15.0 Å². The second-order valence-electron chi connectivity index (χ2n) is 8.47. The lowest BCUT2D eigenvalue weighted by Gasteiger charge is -2.17. The third-order valence-corrected chi connectivity index (χ3v) is 6.07. The normalized spacial score (nSPS) is 15.0. The molecule has 2 aromatic heterocycles. The highest BCUT2D eigenvalue weighted by Crippen LogP contribution is 2.31. The van der Waals surface area contributed by atoms with Gasteiger partial charge in [0, 0.05) is 31.0 Å². The number of aryl methyl sites for hydroxylation is 1. The molecule has 8 nitrogen and oxygen atoms in total. The van der Waals surface area contributed by atoms with Crippen LogP contribution in [0.4, 0.5) is 15.8 Å². The molecule has 1 fully saturated rings. The van der Waals surface area contributed by atoms with Gasteiger partial charge in [-0.05, 0) is 61.0 Å². The first-order valence-electron chi connectivity index (χ1n) is 12.0. The third kappa shape index (κ3) is 5.16. The fourth-order valence-corrected chi connectivity index (χ4v) is 4.17. The molecule has 3 heterocycles. The van der Waals surface area contributed by atoms with Crippen LogP contribution in [0.5, 0.6) is 11.6 Å². The maximum absolute atomic E-state index is 14.1. The van der Waals surface area contributed by atoms with Crippen molar-refractivity contribution >= 4 is 23.2 Å². The van der Waals surface area contributed by atoms with E-state index in [1.165, 1.54) is 17.0 Å². The van der Waals surface area contributed by atoms with E-state index >= 15 is 0 Å². The summed E-state index contributed by atoms with van der Waals surface area (Å²) in [6.07, 6.45) is 4.37. The fraction of sp³-hybridized carbons (Fsp3) is 0.179. The quantitative estimate of drug-likeness (QED) is 0.360. The number of rotatable bonds is 7. The van der Waals surface area contributed by atoms with Crippen LogP contribution in [-0.4, -0.2) is 33.3 Å². The lowest BCUT2D eigenvalue weighted by Crippen LogP contribution is -2.33. The van der Waals surface area contributed by atoms with Crippen molar-refractivity contribution in [3.05, 3.63) is 90.8 Å². The highest BCUT2D eigenvalue weighted by Gasteiger charge is 2.38. The van der Waals surface area contributed by atoms with E-state index in [2.05, 4.69) is 20.3 Å². The molecule has 2 aromatic carbocycles. The van der Waals surface area contributed by atoms with Crippen molar-refractivity contribution in [2.75, 3.05) is 16.8 Å². The number of carbonyl (C=O) groups excluding carboxylic acids is 2. The van der Waals surface area contributed by atoms with E-state index in [9.17, 15) is 14.0 Å². The number of benzene rings is 2. The van der Waals surface area contributed by atoms with E-state index < -0.39 is 23.5 Å². The smallest absolute Gasteiger partial charge is 0.239 e. The molecule has 37 heavy (non-hydrogen) atoms. The maximum atomic E-state index is 14.1. The largest absolute Gasteiger partial charge is 0.438 e. The molecule has 5 rings (SSSR count). The predicted molar refractivity (Wildman–Crippen MR) is 137 cm³/mol. The molecule has 0 radical (unpaired) electrons. The first kappa shape index (κ1) is 24.1. The number of halogens is 1. The number of nitrogens with one attached hydrogen (secondary N) is 1. The minimum absolute atomic E-state index is 0.186. The number of nitrogens with zero attached hydrogens (tertiary/aromatic N) is 4.